The molecule has 0 bridgehead atoms. The Balaban J connectivity index is 0. The molecule has 0 aromatic rings. The van der Waals surface area contributed by atoms with Gasteiger partial charge in [0.15, 0.2) is 0 Å². The minimum absolute atomic E-state index is 0.412. The number of rotatable bonds is 0. The SMILES string of the molecule is C#CC(C)C.NS(N)(=O)=O. The Hall–Kier alpha value is -0.570. The summed E-state index contributed by atoms with van der Waals surface area (Å²) in [7, 11) is -3.67. The van der Waals surface area contributed by atoms with E-state index in [0.717, 1.165) is 0 Å². The smallest absolute Gasteiger partial charge is 0.216 e. The van der Waals surface area contributed by atoms with E-state index in [0.29, 0.717) is 5.92 Å². The Morgan fingerprint density at radius 2 is 1.50 bits per heavy atom. The van der Waals surface area contributed by atoms with Crippen LogP contribution in [0.3, 0.4) is 0 Å². The third kappa shape index (κ3) is 150. The first kappa shape index (κ1) is 12.1. The van der Waals surface area contributed by atoms with Crippen molar-refractivity contribution in [3.63, 3.8) is 0 Å². The highest BCUT2D eigenvalue weighted by atomic mass is 32.2. The fraction of sp³-hybridized carbons (Fsp3) is 0.600. The van der Waals surface area contributed by atoms with Crippen LogP contribution in [0.1, 0.15) is 13.8 Å². The lowest BCUT2D eigenvalue weighted by Crippen LogP contribution is -2.21. The molecule has 0 rings (SSSR count). The van der Waals surface area contributed by atoms with Gasteiger partial charge in [-0.25, -0.2) is 10.3 Å². The first-order chi connectivity index (χ1) is 4.27. The summed E-state index contributed by atoms with van der Waals surface area (Å²) >= 11 is 0. The Morgan fingerprint density at radius 1 is 1.40 bits per heavy atom. The minimum Gasteiger partial charge on any atom is -0.216 e. The molecule has 0 saturated carbocycles. The lowest BCUT2D eigenvalue weighted by atomic mass is 10.2. The van der Waals surface area contributed by atoms with Crippen LogP contribution in [-0.2, 0) is 10.2 Å². The van der Waals surface area contributed by atoms with E-state index in [9.17, 15) is 8.42 Å². The number of hydrogen-bond acceptors (Lipinski definition) is 2. The molecular formula is C5H12N2O2S. The van der Waals surface area contributed by atoms with Gasteiger partial charge in [0.2, 0.25) is 0 Å². The molecule has 0 aliphatic rings. The van der Waals surface area contributed by atoms with Gasteiger partial charge in [0, 0.05) is 5.92 Å². The molecule has 0 saturated heterocycles. The molecule has 4 nitrogen and oxygen atoms in total. The lowest BCUT2D eigenvalue weighted by molar-refractivity contribution is 0.599. The summed E-state index contributed by atoms with van der Waals surface area (Å²) in [5.41, 5.74) is 0. The monoisotopic (exact) mass is 164 g/mol. The number of hydrogen-bond donors (Lipinski definition) is 2. The van der Waals surface area contributed by atoms with Crippen LogP contribution in [0.2, 0.25) is 0 Å². The molecule has 0 aliphatic heterocycles. The predicted octanol–water partition coefficient (Wildman–Crippen LogP) is -0.576. The van der Waals surface area contributed by atoms with Crippen LogP contribution in [0, 0.1) is 18.3 Å². The van der Waals surface area contributed by atoms with Crippen LogP contribution < -0.4 is 10.3 Å². The molecule has 0 aliphatic carbocycles. The molecule has 0 amide bonds. The Labute approximate surface area is 61.8 Å². The van der Waals surface area contributed by atoms with Crippen molar-refractivity contribution in [2.45, 2.75) is 13.8 Å². The maximum absolute atomic E-state index is 9.19. The fourth-order valence-corrected chi connectivity index (χ4v) is 0. The van der Waals surface area contributed by atoms with Gasteiger partial charge in [-0.2, -0.15) is 8.42 Å². The van der Waals surface area contributed by atoms with Crippen molar-refractivity contribution in [1.29, 1.82) is 0 Å². The van der Waals surface area contributed by atoms with Crippen LogP contribution in [0.25, 0.3) is 0 Å². The van der Waals surface area contributed by atoms with E-state index in [4.69, 9.17) is 6.42 Å². The molecule has 0 unspecified atom stereocenters. The second-order valence-corrected chi connectivity index (χ2v) is 3.09. The number of nitrogens with two attached hydrogens (primary N) is 2. The van der Waals surface area contributed by atoms with E-state index in [1.54, 1.807) is 0 Å². The van der Waals surface area contributed by atoms with Crippen LogP contribution in [-0.4, -0.2) is 8.42 Å². The summed E-state index contributed by atoms with van der Waals surface area (Å²) in [5.74, 6) is 2.94. The molecule has 0 aromatic carbocycles. The van der Waals surface area contributed by atoms with Gasteiger partial charge in [-0.1, -0.05) is 13.8 Å². The second kappa shape index (κ2) is 5.23. The summed E-state index contributed by atoms with van der Waals surface area (Å²) < 4.78 is 18.4. The Kier molecular flexibility index (Phi) is 6.35. The largest absolute Gasteiger partial charge is 0.271 e. The summed E-state index contributed by atoms with van der Waals surface area (Å²) in [6.45, 7) is 3.97. The molecule has 0 radical (unpaired) electrons. The standard InChI is InChI=1S/C5H8.H4N2O2S/c1-4-5(2)3;1-5(2,3)4/h1,5H,2-3H3;(H4,1,2,3,4). The van der Waals surface area contributed by atoms with Gasteiger partial charge in [0.25, 0.3) is 10.2 Å². The zero-order chi connectivity index (χ0) is 8.78. The van der Waals surface area contributed by atoms with E-state index < -0.39 is 10.2 Å². The van der Waals surface area contributed by atoms with Gasteiger partial charge in [0.05, 0.1) is 0 Å². The van der Waals surface area contributed by atoms with Crippen molar-refractivity contribution in [2.75, 3.05) is 0 Å². The van der Waals surface area contributed by atoms with Gasteiger partial charge in [0.1, 0.15) is 0 Å². The predicted molar refractivity (Wildman–Crippen MR) is 41.0 cm³/mol. The van der Waals surface area contributed by atoms with E-state index in [-0.39, 0.29) is 0 Å². The summed E-state index contributed by atoms with van der Waals surface area (Å²) in [4.78, 5) is 0. The topological polar surface area (TPSA) is 86.2 Å². The highest BCUT2D eigenvalue weighted by Crippen LogP contribution is 1.81. The molecule has 4 N–H and O–H groups in total. The van der Waals surface area contributed by atoms with Gasteiger partial charge in [-0.3, -0.25) is 0 Å². The van der Waals surface area contributed by atoms with Crippen molar-refractivity contribution >= 4 is 10.2 Å². The lowest BCUT2D eigenvalue weighted by Gasteiger charge is -1.80. The molecule has 0 atom stereocenters. The highest BCUT2D eigenvalue weighted by molar-refractivity contribution is 7.86. The molecule has 5 heteroatoms. The quantitative estimate of drug-likeness (QED) is 0.469. The number of terminal acetylenes is 1. The maximum Gasteiger partial charge on any atom is 0.271 e. The van der Waals surface area contributed by atoms with Gasteiger partial charge >= 0.3 is 0 Å². The third-order valence-electron chi connectivity index (χ3n) is 0.333. The normalized spacial score (nSPS) is 9.60. The zero-order valence-corrected chi connectivity index (χ0v) is 6.85. The van der Waals surface area contributed by atoms with Crippen molar-refractivity contribution in [1.82, 2.24) is 0 Å². The Morgan fingerprint density at radius 3 is 1.50 bits per heavy atom. The van der Waals surface area contributed by atoms with Gasteiger partial charge < -0.3 is 0 Å². The van der Waals surface area contributed by atoms with E-state index in [2.05, 4.69) is 16.2 Å². The summed E-state index contributed by atoms with van der Waals surface area (Å²) in [6.07, 6.45) is 4.92. The van der Waals surface area contributed by atoms with Crippen molar-refractivity contribution in [2.24, 2.45) is 16.2 Å². The fourth-order valence-electron chi connectivity index (χ4n) is 0. The van der Waals surface area contributed by atoms with E-state index in [1.807, 2.05) is 13.8 Å². The third-order valence-corrected chi connectivity index (χ3v) is 0.333. The first-order valence-electron chi connectivity index (χ1n) is 2.54. The molecule has 0 aromatic heterocycles. The van der Waals surface area contributed by atoms with Gasteiger partial charge in [-0.05, 0) is 0 Å². The van der Waals surface area contributed by atoms with E-state index >= 15 is 0 Å². The molecule has 0 heterocycles. The molecule has 60 valence electrons. The second-order valence-electron chi connectivity index (χ2n) is 1.91. The van der Waals surface area contributed by atoms with Crippen LogP contribution >= 0.6 is 0 Å². The van der Waals surface area contributed by atoms with Crippen molar-refractivity contribution in [3.8, 4) is 12.3 Å². The van der Waals surface area contributed by atoms with Crippen LogP contribution in [0.15, 0.2) is 0 Å². The average molecular weight is 164 g/mol. The Bertz CT molecular complexity index is 192. The average Bonchev–Trinajstić information content (AvgIpc) is 1.61. The maximum atomic E-state index is 9.19. The summed E-state index contributed by atoms with van der Waals surface area (Å²) in [6, 6.07) is 0. The first-order valence-corrected chi connectivity index (χ1v) is 4.15. The van der Waals surface area contributed by atoms with Crippen LogP contribution in [0.4, 0.5) is 0 Å². The van der Waals surface area contributed by atoms with Crippen molar-refractivity contribution in [3.05, 3.63) is 0 Å². The van der Waals surface area contributed by atoms with Crippen LogP contribution in [0.5, 0.6) is 0 Å². The molecule has 0 fully saturated rings. The summed E-state index contributed by atoms with van der Waals surface area (Å²) in [5, 5.41) is 8.21. The van der Waals surface area contributed by atoms with Gasteiger partial charge in [-0.15, -0.1) is 12.3 Å². The zero-order valence-electron chi connectivity index (χ0n) is 6.03. The molecule has 10 heavy (non-hydrogen) atoms. The highest BCUT2D eigenvalue weighted by Gasteiger charge is 1.78. The minimum atomic E-state index is -3.67. The van der Waals surface area contributed by atoms with E-state index in [1.165, 1.54) is 0 Å². The van der Waals surface area contributed by atoms with Crippen molar-refractivity contribution < 1.29 is 8.42 Å². The molecular weight excluding hydrogens is 152 g/mol. The molecule has 0 spiro atoms.